The van der Waals surface area contributed by atoms with E-state index in [1.165, 1.54) is 11.3 Å². The van der Waals surface area contributed by atoms with Gasteiger partial charge < -0.3 is 9.84 Å². The maximum absolute atomic E-state index is 12.1. The van der Waals surface area contributed by atoms with Gasteiger partial charge >= 0.3 is 0 Å². The predicted octanol–water partition coefficient (Wildman–Crippen LogP) is 3.94. The van der Waals surface area contributed by atoms with E-state index in [1.54, 1.807) is 0 Å². The van der Waals surface area contributed by atoms with Crippen LogP contribution in [0.2, 0.25) is 0 Å². The molecular formula is C12H11BrN2O2S. The normalized spacial score (nSPS) is 14.8. The molecule has 2 heterocycles. The average molecular weight is 327 g/mol. The lowest BCUT2D eigenvalue weighted by molar-refractivity contribution is 0.102. The van der Waals surface area contributed by atoms with Crippen LogP contribution in [0.1, 0.15) is 40.6 Å². The van der Waals surface area contributed by atoms with Crippen LogP contribution < -0.4 is 5.32 Å². The Labute approximate surface area is 116 Å². The van der Waals surface area contributed by atoms with Gasteiger partial charge in [-0.05, 0) is 35.7 Å². The highest BCUT2D eigenvalue weighted by molar-refractivity contribution is 9.10. The predicted molar refractivity (Wildman–Crippen MR) is 73.2 cm³/mol. The second-order valence-corrected chi connectivity index (χ2v) is 5.97. The monoisotopic (exact) mass is 326 g/mol. The van der Waals surface area contributed by atoms with Crippen LogP contribution in [0, 0.1) is 6.92 Å². The summed E-state index contributed by atoms with van der Waals surface area (Å²) in [5.41, 5.74) is 2.11. The van der Waals surface area contributed by atoms with E-state index in [0.29, 0.717) is 11.5 Å². The van der Waals surface area contributed by atoms with E-state index in [-0.39, 0.29) is 5.91 Å². The number of nitrogens with zero attached hydrogens (tertiary/aromatic N) is 1. The number of amides is 1. The van der Waals surface area contributed by atoms with Crippen molar-refractivity contribution in [1.82, 2.24) is 5.16 Å². The molecule has 0 spiro atoms. The van der Waals surface area contributed by atoms with Crippen LogP contribution in [0.4, 0.5) is 5.69 Å². The lowest BCUT2D eigenvalue weighted by Gasteiger charge is -2.04. The van der Waals surface area contributed by atoms with Crippen molar-refractivity contribution in [3.63, 3.8) is 0 Å². The van der Waals surface area contributed by atoms with Crippen LogP contribution >= 0.6 is 27.3 Å². The Morgan fingerprint density at radius 2 is 2.33 bits per heavy atom. The van der Waals surface area contributed by atoms with Gasteiger partial charge in [0.1, 0.15) is 11.4 Å². The first kappa shape index (κ1) is 11.9. The molecule has 1 aliphatic rings. The number of anilines is 1. The van der Waals surface area contributed by atoms with Crippen LogP contribution in [0.3, 0.4) is 0 Å². The Bertz CT molecular complexity index is 601. The van der Waals surface area contributed by atoms with Gasteiger partial charge in [-0.25, -0.2) is 0 Å². The van der Waals surface area contributed by atoms with Crippen molar-refractivity contribution in [3.05, 3.63) is 32.3 Å². The van der Waals surface area contributed by atoms with Gasteiger partial charge in [-0.2, -0.15) is 11.3 Å². The summed E-state index contributed by atoms with van der Waals surface area (Å²) in [7, 11) is 0. The van der Waals surface area contributed by atoms with Crippen molar-refractivity contribution in [2.24, 2.45) is 0 Å². The van der Waals surface area contributed by atoms with E-state index >= 15 is 0 Å². The largest absolute Gasteiger partial charge is 0.359 e. The summed E-state index contributed by atoms with van der Waals surface area (Å²) < 4.78 is 6.11. The molecule has 1 N–H and O–H groups in total. The zero-order chi connectivity index (χ0) is 12.7. The molecule has 18 heavy (non-hydrogen) atoms. The molecule has 2 aromatic rings. The van der Waals surface area contributed by atoms with E-state index in [9.17, 15) is 4.79 Å². The molecule has 1 amide bonds. The molecule has 2 aromatic heterocycles. The fraction of sp³-hybridized carbons (Fsp3) is 0.333. The topological polar surface area (TPSA) is 55.1 Å². The zero-order valence-corrected chi connectivity index (χ0v) is 12.1. The lowest BCUT2D eigenvalue weighted by Crippen LogP contribution is -2.12. The molecule has 0 bridgehead atoms. The fourth-order valence-corrected chi connectivity index (χ4v) is 3.24. The first-order valence-corrected chi connectivity index (χ1v) is 7.39. The molecule has 6 heteroatoms. The molecule has 1 fully saturated rings. The molecule has 0 aromatic carbocycles. The highest BCUT2D eigenvalue weighted by Gasteiger charge is 2.32. The van der Waals surface area contributed by atoms with Crippen LogP contribution in [-0.2, 0) is 0 Å². The number of rotatable bonds is 3. The SMILES string of the molecule is Cc1noc(C2CC2)c1NC(=O)c1cscc1Br. The van der Waals surface area contributed by atoms with Gasteiger partial charge in [-0.15, -0.1) is 0 Å². The van der Waals surface area contributed by atoms with Gasteiger partial charge in [-0.1, -0.05) is 5.16 Å². The van der Waals surface area contributed by atoms with Crippen LogP contribution in [-0.4, -0.2) is 11.1 Å². The van der Waals surface area contributed by atoms with Crippen molar-refractivity contribution in [3.8, 4) is 0 Å². The number of nitrogens with one attached hydrogen (secondary N) is 1. The van der Waals surface area contributed by atoms with Crippen molar-refractivity contribution in [1.29, 1.82) is 0 Å². The van der Waals surface area contributed by atoms with Crippen molar-refractivity contribution in [2.75, 3.05) is 5.32 Å². The summed E-state index contributed by atoms with van der Waals surface area (Å²) in [5, 5.41) is 10.5. The maximum atomic E-state index is 12.1. The molecule has 0 saturated heterocycles. The number of hydrogen-bond donors (Lipinski definition) is 1. The lowest BCUT2D eigenvalue weighted by atomic mass is 10.2. The summed E-state index contributed by atoms with van der Waals surface area (Å²) >= 11 is 4.85. The number of carbonyl (C=O) groups is 1. The smallest absolute Gasteiger partial charge is 0.257 e. The number of thiophene rings is 1. The van der Waals surface area contributed by atoms with Crippen molar-refractivity contribution < 1.29 is 9.32 Å². The van der Waals surface area contributed by atoms with Gasteiger partial charge in [0.05, 0.1) is 5.56 Å². The molecule has 4 nitrogen and oxygen atoms in total. The highest BCUT2D eigenvalue weighted by atomic mass is 79.9. The van der Waals surface area contributed by atoms with Crippen molar-refractivity contribution >= 4 is 38.9 Å². The minimum absolute atomic E-state index is 0.128. The molecule has 0 unspecified atom stereocenters. The molecule has 1 saturated carbocycles. The maximum Gasteiger partial charge on any atom is 0.257 e. The third kappa shape index (κ3) is 2.10. The Morgan fingerprint density at radius 3 is 2.94 bits per heavy atom. The Hall–Kier alpha value is -1.14. The van der Waals surface area contributed by atoms with Gasteiger partial charge in [0.2, 0.25) is 0 Å². The molecule has 0 aliphatic heterocycles. The highest BCUT2D eigenvalue weighted by Crippen LogP contribution is 2.44. The summed E-state index contributed by atoms with van der Waals surface area (Å²) in [6.07, 6.45) is 2.22. The zero-order valence-electron chi connectivity index (χ0n) is 9.70. The van der Waals surface area contributed by atoms with Crippen molar-refractivity contribution in [2.45, 2.75) is 25.7 Å². The quantitative estimate of drug-likeness (QED) is 0.929. The fourth-order valence-electron chi connectivity index (χ4n) is 1.79. The molecule has 0 radical (unpaired) electrons. The summed E-state index contributed by atoms with van der Waals surface area (Å²) in [5.74, 6) is 1.11. The molecule has 3 rings (SSSR count). The number of hydrogen-bond acceptors (Lipinski definition) is 4. The number of aromatic nitrogens is 1. The van der Waals surface area contributed by atoms with Crippen LogP contribution in [0.15, 0.2) is 19.8 Å². The Morgan fingerprint density at radius 1 is 1.56 bits per heavy atom. The third-order valence-corrected chi connectivity index (χ3v) is 4.64. The van der Waals surface area contributed by atoms with Crippen LogP contribution in [0.5, 0.6) is 0 Å². The molecular weight excluding hydrogens is 316 g/mol. The van der Waals surface area contributed by atoms with Crippen LogP contribution in [0.25, 0.3) is 0 Å². The average Bonchev–Trinajstić information content (AvgIpc) is 3.00. The Kier molecular flexibility index (Phi) is 2.99. The van der Waals surface area contributed by atoms with Gasteiger partial charge in [-0.3, -0.25) is 4.79 Å². The number of aryl methyl sites for hydroxylation is 1. The minimum Gasteiger partial charge on any atom is -0.359 e. The molecule has 94 valence electrons. The van der Waals surface area contributed by atoms with E-state index < -0.39 is 0 Å². The summed E-state index contributed by atoms with van der Waals surface area (Å²) in [4.78, 5) is 12.1. The summed E-state index contributed by atoms with van der Waals surface area (Å²) in [6, 6.07) is 0. The Balaban J connectivity index is 1.86. The van der Waals surface area contributed by atoms with Gasteiger partial charge in [0, 0.05) is 21.2 Å². The minimum atomic E-state index is -0.128. The summed E-state index contributed by atoms with van der Waals surface area (Å²) in [6.45, 7) is 1.84. The first-order valence-electron chi connectivity index (χ1n) is 5.66. The number of carbonyl (C=O) groups excluding carboxylic acids is 1. The van der Waals surface area contributed by atoms with E-state index in [1.807, 2.05) is 17.7 Å². The van der Waals surface area contributed by atoms with E-state index in [4.69, 9.17) is 4.52 Å². The second-order valence-electron chi connectivity index (χ2n) is 4.37. The standard InChI is InChI=1S/C12H11BrN2O2S/c1-6-10(11(17-15-6)7-2-3-7)14-12(16)8-4-18-5-9(8)13/h4-5,7H,2-3H2,1H3,(H,14,16). The molecule has 0 atom stereocenters. The van der Waals surface area contributed by atoms with E-state index in [0.717, 1.165) is 34.5 Å². The molecule has 1 aliphatic carbocycles. The second kappa shape index (κ2) is 4.51. The van der Waals surface area contributed by atoms with Gasteiger partial charge in [0.25, 0.3) is 5.91 Å². The first-order chi connectivity index (χ1) is 8.66. The van der Waals surface area contributed by atoms with Gasteiger partial charge in [0.15, 0.2) is 5.76 Å². The van der Waals surface area contributed by atoms with E-state index in [2.05, 4.69) is 26.4 Å². The third-order valence-electron chi connectivity index (χ3n) is 2.94. The number of halogens is 1.